The molecule has 0 aromatic heterocycles. The van der Waals surface area contributed by atoms with Crippen molar-refractivity contribution >= 4 is 29.6 Å². The lowest BCUT2D eigenvalue weighted by Crippen LogP contribution is -2.48. The van der Waals surface area contributed by atoms with Crippen molar-refractivity contribution in [3.8, 4) is 0 Å². The molecule has 2 saturated heterocycles. The highest BCUT2D eigenvalue weighted by molar-refractivity contribution is 7.97. The number of alkyl halides is 3. The zero-order valence-corrected chi connectivity index (χ0v) is 25.1. The van der Waals surface area contributed by atoms with E-state index in [-0.39, 0.29) is 29.8 Å². The summed E-state index contributed by atoms with van der Waals surface area (Å²) in [6.45, 7) is 7.41. The van der Waals surface area contributed by atoms with Crippen LogP contribution in [0.2, 0.25) is 0 Å². The number of hydrogen-bond acceptors (Lipinski definition) is 7. The first-order chi connectivity index (χ1) is 20.6. The van der Waals surface area contributed by atoms with Crippen molar-refractivity contribution in [2.75, 3.05) is 58.2 Å². The van der Waals surface area contributed by atoms with Crippen LogP contribution in [-0.2, 0) is 17.4 Å². The van der Waals surface area contributed by atoms with Crippen molar-refractivity contribution < 1.29 is 27.9 Å². The number of halogens is 3. The monoisotopic (exact) mass is 617 g/mol. The molecule has 0 atom stereocenters. The van der Waals surface area contributed by atoms with Crippen LogP contribution in [0.1, 0.15) is 51.9 Å². The molecule has 0 saturated carbocycles. The van der Waals surface area contributed by atoms with E-state index in [2.05, 4.69) is 19.5 Å². The average molecular weight is 618 g/mol. The standard InChI is InChI=1S/C31H38F3N5O3S/c1-22-20-25(28(41)38-16-14-37(15-17-38)11-3-18-40)7-6-23(22)8-19-43-39-12-9-30(10-13-39)29(42)35-27(36-30)24-4-2-5-26(21-24)31(32,33)34/h2,4-7,20-21,40H,3,8-19H2,1H3,(H,35,36,42). The number of benzene rings is 2. The number of aryl methyl sites for hydroxylation is 2. The Labute approximate surface area is 254 Å². The van der Waals surface area contributed by atoms with Gasteiger partial charge < -0.3 is 15.3 Å². The Kier molecular flexibility index (Phi) is 9.79. The Balaban J connectivity index is 1.09. The van der Waals surface area contributed by atoms with E-state index in [0.29, 0.717) is 44.6 Å². The van der Waals surface area contributed by atoms with Crippen LogP contribution >= 0.6 is 11.9 Å². The number of nitrogens with one attached hydrogen (secondary N) is 1. The smallest absolute Gasteiger partial charge is 0.396 e. The van der Waals surface area contributed by atoms with Crippen molar-refractivity contribution in [1.29, 1.82) is 0 Å². The van der Waals surface area contributed by atoms with Crippen LogP contribution in [0.4, 0.5) is 13.2 Å². The molecule has 2 aromatic rings. The molecule has 2 amide bonds. The van der Waals surface area contributed by atoms with Gasteiger partial charge in [-0.2, -0.15) is 13.2 Å². The molecule has 0 unspecified atom stereocenters. The number of aliphatic imine (C=N–C) groups is 1. The molecule has 0 bridgehead atoms. The third kappa shape index (κ3) is 7.42. The minimum atomic E-state index is -4.46. The van der Waals surface area contributed by atoms with Crippen molar-refractivity contribution in [1.82, 2.24) is 19.4 Å². The molecule has 232 valence electrons. The number of amides is 2. The minimum Gasteiger partial charge on any atom is -0.396 e. The molecule has 3 aliphatic rings. The second kappa shape index (κ2) is 13.4. The minimum absolute atomic E-state index is 0.0582. The molecule has 1 spiro atoms. The van der Waals surface area contributed by atoms with Gasteiger partial charge in [-0.3, -0.25) is 23.8 Å². The fourth-order valence-corrected chi connectivity index (χ4v) is 6.88. The lowest BCUT2D eigenvalue weighted by Gasteiger charge is -2.35. The van der Waals surface area contributed by atoms with Gasteiger partial charge in [0.25, 0.3) is 11.8 Å². The van der Waals surface area contributed by atoms with E-state index >= 15 is 0 Å². The number of aliphatic hydroxyl groups is 1. The lowest BCUT2D eigenvalue weighted by atomic mass is 9.89. The van der Waals surface area contributed by atoms with Gasteiger partial charge in [0.1, 0.15) is 11.4 Å². The van der Waals surface area contributed by atoms with Crippen LogP contribution in [0.15, 0.2) is 47.5 Å². The summed E-state index contributed by atoms with van der Waals surface area (Å²) in [6, 6.07) is 10.8. The molecule has 3 aliphatic heterocycles. The van der Waals surface area contributed by atoms with E-state index in [0.717, 1.165) is 55.9 Å². The molecular formula is C31H38F3N5O3S. The normalized spacial score (nSPS) is 19.5. The number of piperazine rings is 1. The number of carbonyl (C=O) groups excluding carboxylic acids is 2. The maximum atomic E-state index is 13.2. The Morgan fingerprint density at radius 3 is 2.49 bits per heavy atom. The number of hydrogen-bond donors (Lipinski definition) is 2. The van der Waals surface area contributed by atoms with Crippen molar-refractivity contribution in [3.63, 3.8) is 0 Å². The summed E-state index contributed by atoms with van der Waals surface area (Å²) >= 11 is 1.72. The summed E-state index contributed by atoms with van der Waals surface area (Å²) in [5.41, 5.74) is 1.54. The van der Waals surface area contributed by atoms with Gasteiger partial charge in [0.2, 0.25) is 0 Å². The summed E-state index contributed by atoms with van der Waals surface area (Å²) in [6.07, 6.45) is -1.87. The Hall–Kier alpha value is -2.93. The maximum Gasteiger partial charge on any atom is 0.416 e. The van der Waals surface area contributed by atoms with E-state index in [1.807, 2.05) is 30.0 Å². The predicted molar refractivity (Wildman–Crippen MR) is 161 cm³/mol. The van der Waals surface area contributed by atoms with E-state index < -0.39 is 17.3 Å². The molecule has 2 aromatic carbocycles. The van der Waals surface area contributed by atoms with E-state index in [9.17, 15) is 22.8 Å². The van der Waals surface area contributed by atoms with Crippen LogP contribution in [0.3, 0.4) is 0 Å². The summed E-state index contributed by atoms with van der Waals surface area (Å²) in [4.78, 5) is 34.7. The summed E-state index contributed by atoms with van der Waals surface area (Å²) in [7, 11) is 0. The molecule has 3 heterocycles. The molecular weight excluding hydrogens is 579 g/mol. The number of amidine groups is 1. The fraction of sp³-hybridized carbons (Fsp3) is 0.516. The van der Waals surface area contributed by atoms with Gasteiger partial charge in [-0.15, -0.1) is 0 Å². The zero-order valence-electron chi connectivity index (χ0n) is 24.3. The fourth-order valence-electron chi connectivity index (χ4n) is 5.87. The van der Waals surface area contributed by atoms with Crippen LogP contribution < -0.4 is 5.32 Å². The summed E-state index contributed by atoms with van der Waals surface area (Å²) in [5, 5.41) is 11.7. The molecule has 2 N–H and O–H groups in total. The topological polar surface area (TPSA) is 88.5 Å². The van der Waals surface area contributed by atoms with E-state index in [1.165, 1.54) is 17.7 Å². The average Bonchev–Trinajstić information content (AvgIpc) is 3.32. The first kappa shape index (κ1) is 31.5. The van der Waals surface area contributed by atoms with Crippen LogP contribution in [-0.4, -0.2) is 101 Å². The number of piperidine rings is 1. The van der Waals surface area contributed by atoms with Gasteiger partial charge in [-0.05, 0) is 68.0 Å². The number of carbonyl (C=O) groups is 2. The van der Waals surface area contributed by atoms with Crippen molar-refractivity contribution in [3.05, 3.63) is 70.3 Å². The van der Waals surface area contributed by atoms with Crippen molar-refractivity contribution in [2.24, 2.45) is 4.99 Å². The third-order valence-electron chi connectivity index (χ3n) is 8.52. The molecule has 8 nitrogen and oxygen atoms in total. The third-order valence-corrected chi connectivity index (χ3v) is 9.64. The van der Waals surface area contributed by atoms with Crippen molar-refractivity contribution in [2.45, 2.75) is 44.3 Å². The summed E-state index contributed by atoms with van der Waals surface area (Å²) in [5.74, 6) is 0.859. The maximum absolute atomic E-state index is 13.2. The van der Waals surface area contributed by atoms with Crippen LogP contribution in [0, 0.1) is 6.92 Å². The number of aliphatic hydroxyl groups excluding tert-OH is 1. The largest absolute Gasteiger partial charge is 0.416 e. The first-order valence-electron chi connectivity index (χ1n) is 14.8. The van der Waals surface area contributed by atoms with E-state index in [1.54, 1.807) is 11.9 Å². The quantitative estimate of drug-likeness (QED) is 0.417. The Bertz CT molecular complexity index is 1350. The highest BCUT2D eigenvalue weighted by Crippen LogP contribution is 2.35. The summed E-state index contributed by atoms with van der Waals surface area (Å²) < 4.78 is 41.7. The second-order valence-electron chi connectivity index (χ2n) is 11.4. The highest BCUT2D eigenvalue weighted by Gasteiger charge is 2.46. The van der Waals surface area contributed by atoms with Gasteiger partial charge in [0, 0.05) is 69.3 Å². The van der Waals surface area contributed by atoms with Crippen LogP contribution in [0.25, 0.3) is 0 Å². The Morgan fingerprint density at radius 1 is 1.07 bits per heavy atom. The highest BCUT2D eigenvalue weighted by atomic mass is 32.2. The van der Waals surface area contributed by atoms with Gasteiger partial charge in [-0.25, -0.2) is 0 Å². The SMILES string of the molecule is Cc1cc(C(=O)N2CCN(CCCO)CC2)ccc1CCSN1CCC2(CC1)N=C(c1cccc(C(F)(F)F)c1)NC2=O. The first-order valence-corrected chi connectivity index (χ1v) is 15.7. The lowest BCUT2D eigenvalue weighted by molar-refractivity contribution is -0.137. The molecule has 0 radical (unpaired) electrons. The Morgan fingerprint density at radius 2 is 1.81 bits per heavy atom. The predicted octanol–water partition coefficient (Wildman–Crippen LogP) is 3.76. The van der Waals surface area contributed by atoms with E-state index in [4.69, 9.17) is 5.11 Å². The molecule has 0 aliphatic carbocycles. The zero-order chi connectivity index (χ0) is 30.6. The van der Waals surface area contributed by atoms with Gasteiger partial charge in [0.05, 0.1) is 5.56 Å². The van der Waals surface area contributed by atoms with Gasteiger partial charge >= 0.3 is 6.18 Å². The molecule has 43 heavy (non-hydrogen) atoms. The molecule has 12 heteroatoms. The second-order valence-corrected chi connectivity index (χ2v) is 12.6. The van der Waals surface area contributed by atoms with Gasteiger partial charge in [-0.1, -0.05) is 30.1 Å². The molecule has 5 rings (SSSR count). The van der Waals surface area contributed by atoms with Crippen LogP contribution in [0.5, 0.6) is 0 Å². The molecule has 2 fully saturated rings. The number of rotatable bonds is 9. The van der Waals surface area contributed by atoms with Gasteiger partial charge in [0.15, 0.2) is 0 Å². The number of nitrogens with zero attached hydrogens (tertiary/aromatic N) is 4.